The van der Waals surface area contributed by atoms with Gasteiger partial charge in [-0.3, -0.25) is 4.40 Å². The van der Waals surface area contributed by atoms with Crippen molar-refractivity contribution in [3.8, 4) is 0 Å². The maximum atomic E-state index is 6.83. The van der Waals surface area contributed by atoms with Crippen LogP contribution in [-0.2, 0) is 0 Å². The highest BCUT2D eigenvalue weighted by molar-refractivity contribution is 5.57. The number of fused-ring (bicyclic) bond motifs is 1. The van der Waals surface area contributed by atoms with E-state index in [0.717, 1.165) is 31.5 Å². The largest absolute Gasteiger partial charge is 0.370 e. The van der Waals surface area contributed by atoms with Crippen LogP contribution in [0, 0.1) is 13.5 Å². The Kier molecular flexibility index (Phi) is 6.33. The summed E-state index contributed by atoms with van der Waals surface area (Å²) in [6.45, 7) is 10.7. The lowest BCUT2D eigenvalue weighted by Gasteiger charge is -2.21. The lowest BCUT2D eigenvalue weighted by molar-refractivity contribution is 0.438. The first-order chi connectivity index (χ1) is 12.3. The molecule has 1 fully saturated rings. The van der Waals surface area contributed by atoms with Crippen molar-refractivity contribution in [1.82, 2.24) is 9.38 Å². The van der Waals surface area contributed by atoms with Crippen LogP contribution in [0.2, 0.25) is 0 Å². The van der Waals surface area contributed by atoms with E-state index in [1.54, 1.807) is 0 Å². The molecule has 2 aromatic heterocycles. The summed E-state index contributed by atoms with van der Waals surface area (Å²) >= 11 is 0. The van der Waals surface area contributed by atoms with Crippen molar-refractivity contribution in [2.45, 2.75) is 70.6 Å². The molecule has 1 saturated carbocycles. The molecule has 1 N–H and O–H groups in total. The SMILES string of the molecule is [C-]#[N+]CCCCCCNc1c(C2CCCCC2)nc2cccc(C)n12. The van der Waals surface area contributed by atoms with Gasteiger partial charge in [0.15, 0.2) is 0 Å². The van der Waals surface area contributed by atoms with E-state index in [2.05, 4.69) is 39.7 Å². The second-order valence-electron chi connectivity index (χ2n) is 7.26. The predicted octanol–water partition coefficient (Wildman–Crippen LogP) is 5.58. The lowest BCUT2D eigenvalue weighted by Crippen LogP contribution is -2.11. The number of pyridine rings is 1. The number of nitrogens with zero attached hydrogens (tertiary/aromatic N) is 3. The molecule has 2 heterocycles. The van der Waals surface area contributed by atoms with Gasteiger partial charge in [-0.25, -0.2) is 11.6 Å². The Morgan fingerprint density at radius 3 is 2.76 bits per heavy atom. The van der Waals surface area contributed by atoms with Crippen LogP contribution < -0.4 is 5.32 Å². The van der Waals surface area contributed by atoms with Crippen LogP contribution >= 0.6 is 0 Å². The van der Waals surface area contributed by atoms with Gasteiger partial charge in [-0.2, -0.15) is 0 Å². The Hall–Kier alpha value is -2.02. The first-order valence-corrected chi connectivity index (χ1v) is 9.86. The van der Waals surface area contributed by atoms with Gasteiger partial charge in [0.2, 0.25) is 6.54 Å². The van der Waals surface area contributed by atoms with E-state index in [1.807, 2.05) is 0 Å². The smallest absolute Gasteiger partial charge is 0.214 e. The molecule has 4 heteroatoms. The highest BCUT2D eigenvalue weighted by atomic mass is 15.1. The van der Waals surface area contributed by atoms with Crippen molar-refractivity contribution in [3.05, 3.63) is 41.0 Å². The second kappa shape index (κ2) is 8.89. The molecule has 3 rings (SSSR count). The van der Waals surface area contributed by atoms with E-state index in [1.165, 1.54) is 55.7 Å². The Morgan fingerprint density at radius 2 is 1.96 bits per heavy atom. The number of unbranched alkanes of at least 4 members (excludes halogenated alkanes) is 3. The van der Waals surface area contributed by atoms with Gasteiger partial charge >= 0.3 is 0 Å². The van der Waals surface area contributed by atoms with Crippen LogP contribution in [0.4, 0.5) is 5.82 Å². The summed E-state index contributed by atoms with van der Waals surface area (Å²) in [5.74, 6) is 1.83. The van der Waals surface area contributed by atoms with Crippen molar-refractivity contribution in [3.63, 3.8) is 0 Å². The molecule has 4 nitrogen and oxygen atoms in total. The van der Waals surface area contributed by atoms with Gasteiger partial charge < -0.3 is 10.2 Å². The predicted molar refractivity (Wildman–Crippen MR) is 104 cm³/mol. The number of hydrogen-bond acceptors (Lipinski definition) is 2. The minimum atomic E-state index is 0.606. The molecule has 134 valence electrons. The van der Waals surface area contributed by atoms with Gasteiger partial charge in [0.1, 0.15) is 11.5 Å². The summed E-state index contributed by atoms with van der Waals surface area (Å²) in [5, 5.41) is 3.71. The first kappa shape index (κ1) is 17.8. The standard InChI is InChI=1S/C21H30N4/c1-17-11-10-14-19-24-20(18-12-6-5-7-13-18)21(25(17)19)23-16-9-4-3-8-15-22-2/h10-11,14,18,23H,3-9,12-13,15-16H2,1H3. The molecule has 0 amide bonds. The number of imidazole rings is 1. The Morgan fingerprint density at radius 1 is 1.16 bits per heavy atom. The van der Waals surface area contributed by atoms with Crippen molar-refractivity contribution < 1.29 is 0 Å². The Labute approximate surface area is 151 Å². The van der Waals surface area contributed by atoms with E-state index >= 15 is 0 Å². The first-order valence-electron chi connectivity index (χ1n) is 9.86. The molecule has 0 atom stereocenters. The monoisotopic (exact) mass is 338 g/mol. The molecule has 0 bridgehead atoms. The van der Waals surface area contributed by atoms with Crippen LogP contribution in [0.5, 0.6) is 0 Å². The van der Waals surface area contributed by atoms with E-state index < -0.39 is 0 Å². The Balaban J connectivity index is 1.71. The molecular formula is C21H30N4. The summed E-state index contributed by atoms with van der Waals surface area (Å²) in [6, 6.07) is 6.38. The fourth-order valence-electron chi connectivity index (χ4n) is 3.98. The molecule has 0 unspecified atom stereocenters. The molecule has 0 spiro atoms. The van der Waals surface area contributed by atoms with Crippen molar-refractivity contribution in [2.75, 3.05) is 18.4 Å². The third kappa shape index (κ3) is 4.34. The molecule has 1 aliphatic rings. The molecule has 25 heavy (non-hydrogen) atoms. The average molecular weight is 338 g/mol. The molecular weight excluding hydrogens is 308 g/mol. The maximum Gasteiger partial charge on any atom is 0.214 e. The fourth-order valence-corrected chi connectivity index (χ4v) is 3.98. The molecule has 0 aliphatic heterocycles. The molecule has 0 saturated heterocycles. The highest BCUT2D eigenvalue weighted by Gasteiger charge is 2.23. The van der Waals surface area contributed by atoms with Crippen LogP contribution in [0.25, 0.3) is 10.5 Å². The van der Waals surface area contributed by atoms with Crippen LogP contribution in [-0.4, -0.2) is 22.5 Å². The lowest BCUT2D eigenvalue weighted by atomic mass is 9.87. The number of aryl methyl sites for hydroxylation is 1. The van der Waals surface area contributed by atoms with E-state index in [9.17, 15) is 0 Å². The van der Waals surface area contributed by atoms with Crippen LogP contribution in [0.15, 0.2) is 18.2 Å². The number of rotatable bonds is 8. The maximum absolute atomic E-state index is 6.83. The van der Waals surface area contributed by atoms with Gasteiger partial charge in [-0.05, 0) is 44.7 Å². The third-order valence-electron chi connectivity index (χ3n) is 5.35. The zero-order valence-electron chi connectivity index (χ0n) is 15.4. The van der Waals surface area contributed by atoms with Gasteiger partial charge in [0.05, 0.1) is 5.69 Å². The summed E-state index contributed by atoms with van der Waals surface area (Å²) < 4.78 is 2.29. The minimum Gasteiger partial charge on any atom is -0.370 e. The van der Waals surface area contributed by atoms with Crippen LogP contribution in [0.3, 0.4) is 0 Å². The number of nitrogens with one attached hydrogen (secondary N) is 1. The number of aromatic nitrogens is 2. The van der Waals surface area contributed by atoms with Crippen molar-refractivity contribution in [1.29, 1.82) is 0 Å². The zero-order chi connectivity index (χ0) is 17.5. The summed E-state index contributed by atoms with van der Waals surface area (Å²) in [6.07, 6.45) is 11.1. The quantitative estimate of drug-likeness (QED) is 0.503. The average Bonchev–Trinajstić information content (AvgIpc) is 3.02. The molecule has 0 radical (unpaired) electrons. The van der Waals surface area contributed by atoms with Crippen molar-refractivity contribution >= 4 is 11.5 Å². The molecule has 2 aromatic rings. The number of anilines is 1. The van der Waals surface area contributed by atoms with E-state index in [0.29, 0.717) is 12.5 Å². The van der Waals surface area contributed by atoms with Gasteiger partial charge in [-0.1, -0.05) is 31.7 Å². The van der Waals surface area contributed by atoms with E-state index in [-0.39, 0.29) is 0 Å². The highest BCUT2D eigenvalue weighted by Crippen LogP contribution is 2.36. The summed E-state index contributed by atoms with van der Waals surface area (Å²) in [4.78, 5) is 8.43. The van der Waals surface area contributed by atoms with Crippen molar-refractivity contribution in [2.24, 2.45) is 0 Å². The third-order valence-corrected chi connectivity index (χ3v) is 5.35. The second-order valence-corrected chi connectivity index (χ2v) is 7.26. The minimum absolute atomic E-state index is 0.606. The fraction of sp³-hybridized carbons (Fsp3) is 0.619. The van der Waals surface area contributed by atoms with Gasteiger partial charge in [0.25, 0.3) is 0 Å². The molecule has 0 aromatic carbocycles. The van der Waals surface area contributed by atoms with Gasteiger partial charge in [0, 0.05) is 24.6 Å². The summed E-state index contributed by atoms with van der Waals surface area (Å²) in [7, 11) is 0. The van der Waals surface area contributed by atoms with E-state index in [4.69, 9.17) is 11.6 Å². The zero-order valence-corrected chi connectivity index (χ0v) is 15.4. The van der Waals surface area contributed by atoms with Gasteiger partial charge in [-0.15, -0.1) is 0 Å². The number of hydrogen-bond donors (Lipinski definition) is 1. The topological polar surface area (TPSA) is 33.7 Å². The summed E-state index contributed by atoms with van der Waals surface area (Å²) in [5.41, 5.74) is 3.59. The molecule has 1 aliphatic carbocycles. The van der Waals surface area contributed by atoms with Crippen LogP contribution in [0.1, 0.15) is 75.1 Å². The normalized spacial score (nSPS) is 15.4. The Bertz CT molecular complexity index is 719.